The first-order valence-electron chi connectivity index (χ1n) is 11.4. The van der Waals surface area contributed by atoms with Gasteiger partial charge in [0, 0.05) is 26.1 Å². The van der Waals surface area contributed by atoms with Crippen molar-refractivity contribution in [3.8, 4) is 0 Å². The number of benzene rings is 1. The number of nitrogens with zero attached hydrogens (tertiary/aromatic N) is 2. The van der Waals surface area contributed by atoms with E-state index in [9.17, 15) is 14.0 Å². The van der Waals surface area contributed by atoms with E-state index in [1.807, 2.05) is 26.0 Å². The first-order chi connectivity index (χ1) is 15.4. The quantitative estimate of drug-likeness (QED) is 0.514. The summed E-state index contributed by atoms with van der Waals surface area (Å²) in [7, 11) is 0. The van der Waals surface area contributed by atoms with E-state index < -0.39 is 0 Å². The van der Waals surface area contributed by atoms with Crippen LogP contribution in [0.3, 0.4) is 0 Å². The summed E-state index contributed by atoms with van der Waals surface area (Å²) in [5.41, 5.74) is 0.811. The number of ether oxygens (including phenoxy) is 1. The molecule has 6 nitrogen and oxygen atoms in total. The van der Waals surface area contributed by atoms with Crippen molar-refractivity contribution in [1.29, 1.82) is 0 Å². The second-order valence-electron chi connectivity index (χ2n) is 8.40. The minimum Gasteiger partial charge on any atom is -0.464 e. The number of furan rings is 1. The molecule has 0 radical (unpaired) electrons. The van der Waals surface area contributed by atoms with Gasteiger partial charge in [-0.05, 0) is 56.0 Å². The highest BCUT2D eigenvalue weighted by atomic mass is 19.1. The molecule has 2 heterocycles. The number of hydrogen-bond donors (Lipinski definition) is 0. The molecular formula is C25H33FN2O4. The summed E-state index contributed by atoms with van der Waals surface area (Å²) in [4.78, 5) is 29.5. The van der Waals surface area contributed by atoms with Crippen LogP contribution in [0.2, 0.25) is 0 Å². The van der Waals surface area contributed by atoms with Crippen LogP contribution in [-0.4, -0.2) is 47.4 Å². The lowest BCUT2D eigenvalue weighted by Gasteiger charge is -2.29. The number of amides is 2. The Labute approximate surface area is 189 Å². The number of halogens is 1. The summed E-state index contributed by atoms with van der Waals surface area (Å²) in [5.74, 6) is 0.917. The lowest BCUT2D eigenvalue weighted by atomic mass is 10.1. The van der Waals surface area contributed by atoms with Gasteiger partial charge in [-0.2, -0.15) is 0 Å². The van der Waals surface area contributed by atoms with Gasteiger partial charge < -0.3 is 19.0 Å². The maximum Gasteiger partial charge on any atom is 0.242 e. The normalized spacial score (nSPS) is 15.7. The average Bonchev–Trinajstić information content (AvgIpc) is 3.44. The van der Waals surface area contributed by atoms with Crippen LogP contribution in [0.4, 0.5) is 4.39 Å². The van der Waals surface area contributed by atoms with Crippen LogP contribution in [-0.2, 0) is 27.4 Å². The molecule has 1 saturated heterocycles. The fourth-order valence-electron chi connectivity index (χ4n) is 3.84. The number of carbonyl (C=O) groups is 2. The number of aryl methyl sites for hydroxylation is 1. The van der Waals surface area contributed by atoms with Crippen LogP contribution in [0.25, 0.3) is 0 Å². The molecule has 0 bridgehead atoms. The molecule has 32 heavy (non-hydrogen) atoms. The summed E-state index contributed by atoms with van der Waals surface area (Å²) in [6, 6.07) is 9.80. The number of hydrogen-bond acceptors (Lipinski definition) is 4. The van der Waals surface area contributed by atoms with Crippen molar-refractivity contribution in [2.24, 2.45) is 0 Å². The van der Waals surface area contributed by atoms with Crippen LogP contribution in [0.15, 0.2) is 40.8 Å². The minimum atomic E-state index is -0.322. The van der Waals surface area contributed by atoms with Crippen LogP contribution in [0.5, 0.6) is 0 Å². The summed E-state index contributed by atoms with van der Waals surface area (Å²) in [6.07, 6.45) is 3.99. The van der Waals surface area contributed by atoms with Gasteiger partial charge in [-0.1, -0.05) is 25.5 Å². The molecule has 0 aliphatic carbocycles. The van der Waals surface area contributed by atoms with E-state index in [4.69, 9.17) is 9.15 Å². The largest absolute Gasteiger partial charge is 0.464 e. The molecule has 7 heteroatoms. The Morgan fingerprint density at radius 2 is 1.84 bits per heavy atom. The molecular weight excluding hydrogens is 411 g/mol. The van der Waals surface area contributed by atoms with Crippen molar-refractivity contribution in [1.82, 2.24) is 9.80 Å². The summed E-state index contributed by atoms with van der Waals surface area (Å²) in [5, 5.41) is 0. The van der Waals surface area contributed by atoms with Gasteiger partial charge in [-0.15, -0.1) is 0 Å². The van der Waals surface area contributed by atoms with E-state index in [0.717, 1.165) is 37.0 Å². The monoisotopic (exact) mass is 444 g/mol. The van der Waals surface area contributed by atoms with Gasteiger partial charge in [0.15, 0.2) is 0 Å². The van der Waals surface area contributed by atoms with Crippen LogP contribution < -0.4 is 0 Å². The van der Waals surface area contributed by atoms with Gasteiger partial charge in [0.1, 0.15) is 17.3 Å². The summed E-state index contributed by atoms with van der Waals surface area (Å²) in [6.45, 7) is 5.59. The summed E-state index contributed by atoms with van der Waals surface area (Å²) < 4.78 is 24.7. The van der Waals surface area contributed by atoms with E-state index in [2.05, 4.69) is 0 Å². The van der Waals surface area contributed by atoms with E-state index in [-0.39, 0.29) is 36.8 Å². The third-order valence-corrected chi connectivity index (χ3v) is 5.65. The number of carbonyl (C=O) groups excluding carboxylic acids is 2. The molecule has 2 amide bonds. The molecule has 1 fully saturated rings. The van der Waals surface area contributed by atoms with Gasteiger partial charge >= 0.3 is 0 Å². The predicted octanol–water partition coefficient (Wildman–Crippen LogP) is 4.45. The fraction of sp³-hybridized carbons (Fsp3) is 0.520. The molecule has 3 rings (SSSR count). The Morgan fingerprint density at radius 3 is 2.47 bits per heavy atom. The lowest BCUT2D eigenvalue weighted by Crippen LogP contribution is -2.45. The van der Waals surface area contributed by atoms with Crippen molar-refractivity contribution >= 4 is 11.8 Å². The maximum absolute atomic E-state index is 13.4. The van der Waals surface area contributed by atoms with Gasteiger partial charge in [0.2, 0.25) is 11.8 Å². The van der Waals surface area contributed by atoms with Crippen molar-refractivity contribution in [3.05, 3.63) is 59.3 Å². The van der Waals surface area contributed by atoms with Crippen LogP contribution in [0, 0.1) is 12.7 Å². The molecule has 0 saturated carbocycles. The van der Waals surface area contributed by atoms with E-state index in [1.165, 1.54) is 12.1 Å². The van der Waals surface area contributed by atoms with Crippen LogP contribution >= 0.6 is 0 Å². The van der Waals surface area contributed by atoms with Gasteiger partial charge in [0.25, 0.3) is 0 Å². The smallest absolute Gasteiger partial charge is 0.242 e. The zero-order valence-corrected chi connectivity index (χ0v) is 19.0. The molecule has 1 aliphatic rings. The summed E-state index contributed by atoms with van der Waals surface area (Å²) >= 11 is 0. The molecule has 1 unspecified atom stereocenters. The second-order valence-corrected chi connectivity index (χ2v) is 8.40. The Hall–Kier alpha value is -2.67. The Bertz CT molecular complexity index is 874. The second kappa shape index (κ2) is 11.8. The molecule has 1 aliphatic heterocycles. The molecule has 1 aromatic heterocycles. The maximum atomic E-state index is 13.4. The first-order valence-corrected chi connectivity index (χ1v) is 11.4. The highest BCUT2D eigenvalue weighted by Gasteiger charge is 2.26. The van der Waals surface area contributed by atoms with Gasteiger partial charge in [-0.3, -0.25) is 9.59 Å². The SMILES string of the molecule is CCCCC(=O)N(CC(=O)N(Cc1ccc(F)cc1)Cc1ccc(C)o1)CC1CCCO1. The zero-order chi connectivity index (χ0) is 22.9. The van der Waals surface area contributed by atoms with Crippen molar-refractivity contribution in [2.75, 3.05) is 19.7 Å². The van der Waals surface area contributed by atoms with E-state index in [1.54, 1.807) is 21.9 Å². The Kier molecular flexibility index (Phi) is 8.85. The average molecular weight is 445 g/mol. The zero-order valence-electron chi connectivity index (χ0n) is 19.0. The third-order valence-electron chi connectivity index (χ3n) is 5.65. The fourth-order valence-corrected chi connectivity index (χ4v) is 3.84. The van der Waals surface area contributed by atoms with Crippen molar-refractivity contribution in [2.45, 2.75) is 65.1 Å². The number of rotatable bonds is 11. The van der Waals surface area contributed by atoms with Gasteiger partial charge in [-0.25, -0.2) is 4.39 Å². The molecule has 2 aromatic rings. The van der Waals surface area contributed by atoms with E-state index >= 15 is 0 Å². The highest BCUT2D eigenvalue weighted by Crippen LogP contribution is 2.17. The highest BCUT2D eigenvalue weighted by molar-refractivity contribution is 5.84. The van der Waals surface area contributed by atoms with Crippen LogP contribution in [0.1, 0.15) is 56.1 Å². The van der Waals surface area contributed by atoms with E-state index in [0.29, 0.717) is 31.9 Å². The molecule has 0 N–H and O–H groups in total. The molecule has 0 spiro atoms. The lowest BCUT2D eigenvalue weighted by molar-refractivity contribution is -0.142. The third kappa shape index (κ3) is 7.19. The topological polar surface area (TPSA) is 63.0 Å². The van der Waals surface area contributed by atoms with Gasteiger partial charge in [0.05, 0.1) is 19.2 Å². The predicted molar refractivity (Wildman–Crippen MR) is 119 cm³/mol. The standard InChI is InChI=1S/C25H33FN2O4/c1-3-4-7-24(29)28(16-22-6-5-14-31-22)18-25(30)27(17-23-13-8-19(2)32-23)15-20-9-11-21(26)12-10-20/h8-13,22H,3-7,14-18H2,1-2H3. The minimum absolute atomic E-state index is 0.0106. The van der Waals surface area contributed by atoms with Crippen molar-refractivity contribution < 1.29 is 23.1 Å². The number of unbranched alkanes of at least 4 members (excludes halogenated alkanes) is 1. The molecule has 1 aromatic carbocycles. The first kappa shape index (κ1) is 24.0. The molecule has 1 atom stereocenters. The molecule has 174 valence electrons. The van der Waals surface area contributed by atoms with Crippen molar-refractivity contribution in [3.63, 3.8) is 0 Å². The Balaban J connectivity index is 1.74. The Morgan fingerprint density at radius 1 is 1.06 bits per heavy atom.